The number of nitrogens with two attached hydrogens (primary N) is 2. The van der Waals surface area contributed by atoms with Crippen LogP contribution in [0.15, 0.2) is 35.7 Å². The van der Waals surface area contributed by atoms with Crippen LogP contribution >= 0.6 is 0 Å². The van der Waals surface area contributed by atoms with Gasteiger partial charge in [-0.25, -0.2) is 9.97 Å². The topological polar surface area (TPSA) is 90.2 Å². The molecule has 0 amide bonds. The van der Waals surface area contributed by atoms with Crippen LogP contribution in [0.25, 0.3) is 16.5 Å². The third-order valence-electron chi connectivity index (χ3n) is 2.59. The van der Waals surface area contributed by atoms with Crippen molar-refractivity contribution in [2.45, 2.75) is 6.92 Å². The van der Waals surface area contributed by atoms with Gasteiger partial charge in [0.1, 0.15) is 12.1 Å². The molecule has 0 saturated heterocycles. The molecule has 0 radical (unpaired) electrons. The molecule has 5 nitrogen and oxygen atoms in total. The highest BCUT2D eigenvalue weighted by atomic mass is 14.9. The van der Waals surface area contributed by atoms with Crippen LogP contribution in [0, 0.1) is 0 Å². The summed E-state index contributed by atoms with van der Waals surface area (Å²) in [6.45, 7) is 2.69. The van der Waals surface area contributed by atoms with E-state index in [2.05, 4.69) is 15.0 Å². The van der Waals surface area contributed by atoms with Gasteiger partial charge < -0.3 is 11.5 Å². The number of rotatable bonds is 3. The summed E-state index contributed by atoms with van der Waals surface area (Å²) in [5.41, 5.74) is 14.1. The Labute approximate surface area is 105 Å². The molecule has 0 atom stereocenters. The van der Waals surface area contributed by atoms with Gasteiger partial charge in [-0.3, -0.25) is 4.99 Å². The van der Waals surface area contributed by atoms with E-state index in [9.17, 15) is 0 Å². The number of nitrogens with zero attached hydrogens (tertiary/aromatic N) is 3. The summed E-state index contributed by atoms with van der Waals surface area (Å²) in [4.78, 5) is 12.3. The minimum Gasteiger partial charge on any atom is -0.404 e. The van der Waals surface area contributed by atoms with E-state index in [1.165, 1.54) is 12.5 Å². The molecule has 1 aromatic carbocycles. The van der Waals surface area contributed by atoms with E-state index in [4.69, 9.17) is 11.5 Å². The Morgan fingerprint density at radius 1 is 1.39 bits per heavy atom. The van der Waals surface area contributed by atoms with Crippen LogP contribution in [0.3, 0.4) is 0 Å². The summed E-state index contributed by atoms with van der Waals surface area (Å²) in [5.74, 6) is 0.464. The summed E-state index contributed by atoms with van der Waals surface area (Å²) in [7, 11) is 0. The van der Waals surface area contributed by atoms with Gasteiger partial charge in [0, 0.05) is 29.9 Å². The average molecular weight is 241 g/mol. The van der Waals surface area contributed by atoms with Crippen molar-refractivity contribution < 1.29 is 0 Å². The van der Waals surface area contributed by atoms with Gasteiger partial charge in [0.25, 0.3) is 0 Å². The van der Waals surface area contributed by atoms with E-state index in [0.717, 1.165) is 28.6 Å². The maximum Gasteiger partial charge on any atom is 0.134 e. The van der Waals surface area contributed by atoms with E-state index in [0.29, 0.717) is 5.82 Å². The molecule has 2 rings (SSSR count). The van der Waals surface area contributed by atoms with Crippen molar-refractivity contribution in [3.63, 3.8) is 0 Å². The van der Waals surface area contributed by atoms with Crippen LogP contribution in [-0.4, -0.2) is 22.7 Å². The predicted molar refractivity (Wildman–Crippen MR) is 75.1 cm³/mol. The lowest BCUT2D eigenvalue weighted by Crippen LogP contribution is -1.96. The molecule has 0 aliphatic rings. The largest absolute Gasteiger partial charge is 0.404 e. The van der Waals surface area contributed by atoms with Crippen LogP contribution < -0.4 is 11.5 Å². The molecule has 0 aliphatic heterocycles. The first-order chi connectivity index (χ1) is 8.76. The zero-order chi connectivity index (χ0) is 13.0. The molecule has 92 valence electrons. The molecular formula is C13H15N5. The van der Waals surface area contributed by atoms with E-state index in [-0.39, 0.29) is 0 Å². The van der Waals surface area contributed by atoms with Crippen LogP contribution in [0.1, 0.15) is 12.5 Å². The summed E-state index contributed by atoms with van der Waals surface area (Å²) in [6, 6.07) is 5.76. The molecular weight excluding hydrogens is 226 g/mol. The molecule has 4 N–H and O–H groups in total. The van der Waals surface area contributed by atoms with Gasteiger partial charge in [-0.2, -0.15) is 0 Å². The number of benzene rings is 1. The van der Waals surface area contributed by atoms with Crippen molar-refractivity contribution in [2.75, 3.05) is 12.3 Å². The molecule has 0 spiro atoms. The summed E-state index contributed by atoms with van der Waals surface area (Å²) in [6.07, 6.45) is 4.73. The van der Waals surface area contributed by atoms with Crippen molar-refractivity contribution in [3.05, 3.63) is 36.3 Å². The summed E-state index contributed by atoms with van der Waals surface area (Å²) >= 11 is 0. The molecule has 0 bridgehead atoms. The SMILES string of the molecule is CCN=CC(=CN)c1ccc2ncnc(N)c2c1. The van der Waals surface area contributed by atoms with Crippen LogP contribution in [0.4, 0.5) is 5.82 Å². The van der Waals surface area contributed by atoms with Crippen LogP contribution in [-0.2, 0) is 0 Å². The minimum absolute atomic E-state index is 0.464. The second-order valence-corrected chi connectivity index (χ2v) is 3.74. The second-order valence-electron chi connectivity index (χ2n) is 3.74. The van der Waals surface area contributed by atoms with E-state index < -0.39 is 0 Å². The number of anilines is 1. The molecule has 18 heavy (non-hydrogen) atoms. The van der Waals surface area contributed by atoms with Crippen molar-refractivity contribution >= 4 is 28.5 Å². The van der Waals surface area contributed by atoms with Gasteiger partial charge in [-0.15, -0.1) is 0 Å². The fraction of sp³-hybridized carbons (Fsp3) is 0.154. The van der Waals surface area contributed by atoms with Crippen LogP contribution in [0.5, 0.6) is 0 Å². The highest BCUT2D eigenvalue weighted by molar-refractivity contribution is 6.10. The van der Waals surface area contributed by atoms with Crippen molar-refractivity contribution in [3.8, 4) is 0 Å². The van der Waals surface area contributed by atoms with Gasteiger partial charge in [0.05, 0.1) is 5.52 Å². The average Bonchev–Trinajstić information content (AvgIpc) is 2.40. The first kappa shape index (κ1) is 12.0. The smallest absolute Gasteiger partial charge is 0.134 e. The number of aliphatic imine (C=N–C) groups is 1. The van der Waals surface area contributed by atoms with Crippen molar-refractivity contribution in [2.24, 2.45) is 10.7 Å². The Bertz CT molecular complexity index is 616. The third kappa shape index (κ3) is 2.29. The first-order valence-electron chi connectivity index (χ1n) is 5.68. The number of aromatic nitrogens is 2. The number of allylic oxidation sites excluding steroid dienone is 1. The highest BCUT2D eigenvalue weighted by Crippen LogP contribution is 2.21. The quantitative estimate of drug-likeness (QED) is 0.798. The fourth-order valence-electron chi connectivity index (χ4n) is 1.66. The van der Waals surface area contributed by atoms with Gasteiger partial charge in [0.2, 0.25) is 0 Å². The lowest BCUT2D eigenvalue weighted by atomic mass is 10.1. The Hall–Kier alpha value is -2.43. The highest BCUT2D eigenvalue weighted by Gasteiger charge is 2.04. The number of fused-ring (bicyclic) bond motifs is 1. The molecule has 0 fully saturated rings. The number of nitrogen functional groups attached to an aromatic ring is 1. The Morgan fingerprint density at radius 2 is 2.22 bits per heavy atom. The normalized spacial score (nSPS) is 12.4. The molecule has 0 aliphatic carbocycles. The minimum atomic E-state index is 0.464. The van der Waals surface area contributed by atoms with Crippen molar-refractivity contribution in [1.29, 1.82) is 0 Å². The molecule has 5 heteroatoms. The second kappa shape index (κ2) is 5.27. The number of hydrogen-bond donors (Lipinski definition) is 2. The van der Waals surface area contributed by atoms with E-state index >= 15 is 0 Å². The van der Waals surface area contributed by atoms with Gasteiger partial charge in [-0.1, -0.05) is 6.07 Å². The lowest BCUT2D eigenvalue weighted by molar-refractivity contribution is 1.14. The molecule has 0 unspecified atom stereocenters. The van der Waals surface area contributed by atoms with Crippen molar-refractivity contribution in [1.82, 2.24) is 9.97 Å². The maximum atomic E-state index is 5.83. The van der Waals surface area contributed by atoms with Gasteiger partial charge >= 0.3 is 0 Å². The zero-order valence-electron chi connectivity index (χ0n) is 10.2. The monoisotopic (exact) mass is 241 g/mol. The van der Waals surface area contributed by atoms with Crippen LogP contribution in [0.2, 0.25) is 0 Å². The standard InChI is InChI=1S/C13H15N5/c1-2-16-7-10(6-14)9-3-4-12-11(5-9)13(15)18-8-17-12/h3-8H,2,14H2,1H3,(H2,15,17,18). The van der Waals surface area contributed by atoms with Gasteiger partial charge in [0.15, 0.2) is 0 Å². The maximum absolute atomic E-state index is 5.83. The molecule has 1 heterocycles. The Kier molecular flexibility index (Phi) is 3.52. The summed E-state index contributed by atoms with van der Waals surface area (Å²) in [5, 5.41) is 0.819. The van der Waals surface area contributed by atoms with E-state index in [1.54, 1.807) is 6.21 Å². The predicted octanol–water partition coefficient (Wildman–Crippen LogP) is 1.60. The Morgan fingerprint density at radius 3 is 2.94 bits per heavy atom. The first-order valence-corrected chi connectivity index (χ1v) is 5.68. The third-order valence-corrected chi connectivity index (χ3v) is 2.59. The molecule has 2 aromatic rings. The van der Waals surface area contributed by atoms with Gasteiger partial charge in [-0.05, 0) is 24.6 Å². The zero-order valence-corrected chi connectivity index (χ0v) is 10.2. The Balaban J connectivity index is 2.52. The molecule has 0 saturated carbocycles. The number of hydrogen-bond acceptors (Lipinski definition) is 5. The lowest BCUT2D eigenvalue weighted by Gasteiger charge is -2.05. The fourth-order valence-corrected chi connectivity index (χ4v) is 1.66. The summed E-state index contributed by atoms with van der Waals surface area (Å²) < 4.78 is 0. The molecule has 1 aromatic heterocycles. The van der Waals surface area contributed by atoms with E-state index in [1.807, 2.05) is 25.1 Å².